The van der Waals surface area contributed by atoms with Gasteiger partial charge in [0, 0.05) is 12.3 Å². The number of fused-ring (bicyclic) bond motifs is 1. The molecule has 0 fully saturated rings. The number of thiazole rings is 1. The number of ether oxygens (including phenoxy) is 1. The Kier molecular flexibility index (Phi) is 5.06. The summed E-state index contributed by atoms with van der Waals surface area (Å²) in [5, 5.41) is 3.10. The van der Waals surface area contributed by atoms with Crippen LogP contribution in [0.25, 0.3) is 16.3 Å². The van der Waals surface area contributed by atoms with Crippen molar-refractivity contribution >= 4 is 48.5 Å². The molecule has 1 aromatic heterocycles. The highest BCUT2D eigenvalue weighted by molar-refractivity contribution is 7.90. The molecule has 0 spiro atoms. The molecule has 3 rings (SSSR count). The van der Waals surface area contributed by atoms with Crippen LogP contribution in [0.15, 0.2) is 53.4 Å². The molecule has 1 heterocycles. The first-order valence-electron chi connectivity index (χ1n) is 7.59. The number of anilines is 1. The van der Waals surface area contributed by atoms with Crippen LogP contribution in [0.2, 0.25) is 0 Å². The zero-order valence-corrected chi connectivity index (χ0v) is 15.7. The first-order chi connectivity index (χ1) is 12.3. The molecule has 0 saturated carbocycles. The number of sulfone groups is 1. The monoisotopic (exact) mass is 388 g/mol. The fraction of sp³-hybridized carbons (Fsp3) is 0.111. The molecule has 134 valence electrons. The molecule has 1 N–H and O–H groups in total. The molecule has 0 saturated heterocycles. The number of methoxy groups -OCH3 is 1. The molecule has 0 unspecified atom stereocenters. The van der Waals surface area contributed by atoms with Crippen LogP contribution in [0.5, 0.6) is 5.75 Å². The number of benzene rings is 2. The molecule has 0 aliphatic carbocycles. The number of hydrogen-bond donors (Lipinski definition) is 1. The summed E-state index contributed by atoms with van der Waals surface area (Å²) in [5.41, 5.74) is 1.47. The predicted octanol–water partition coefficient (Wildman–Crippen LogP) is 3.36. The van der Waals surface area contributed by atoms with E-state index in [1.54, 1.807) is 25.3 Å². The maximum Gasteiger partial charge on any atom is 0.250 e. The zero-order chi connectivity index (χ0) is 18.7. The second-order valence-electron chi connectivity index (χ2n) is 5.52. The third-order valence-electron chi connectivity index (χ3n) is 3.54. The van der Waals surface area contributed by atoms with Gasteiger partial charge in [0.15, 0.2) is 15.0 Å². The Morgan fingerprint density at radius 2 is 2.04 bits per heavy atom. The fourth-order valence-corrected chi connectivity index (χ4v) is 3.88. The van der Waals surface area contributed by atoms with E-state index in [-0.39, 0.29) is 10.8 Å². The lowest BCUT2D eigenvalue weighted by Gasteiger charge is -2.00. The summed E-state index contributed by atoms with van der Waals surface area (Å²) in [5.74, 6) is 0.385. The molecule has 2 aromatic carbocycles. The summed E-state index contributed by atoms with van der Waals surface area (Å²) >= 11 is 1.22. The number of carbonyl (C=O) groups is 1. The van der Waals surface area contributed by atoms with Gasteiger partial charge < -0.3 is 4.74 Å². The van der Waals surface area contributed by atoms with Gasteiger partial charge in [0.2, 0.25) is 5.91 Å². The third kappa shape index (κ3) is 4.27. The molecule has 0 aliphatic rings. The van der Waals surface area contributed by atoms with Crippen LogP contribution in [0, 0.1) is 0 Å². The Morgan fingerprint density at radius 1 is 1.23 bits per heavy atom. The maximum atomic E-state index is 12.1. The zero-order valence-electron chi connectivity index (χ0n) is 14.1. The highest BCUT2D eigenvalue weighted by atomic mass is 32.2. The topological polar surface area (TPSA) is 85.4 Å². The first kappa shape index (κ1) is 18.1. The molecule has 0 bridgehead atoms. The minimum atomic E-state index is -3.28. The average molecular weight is 388 g/mol. The molecule has 8 heteroatoms. The Labute approximate surface area is 155 Å². The van der Waals surface area contributed by atoms with Gasteiger partial charge in [-0.05, 0) is 42.0 Å². The molecule has 0 atom stereocenters. The summed E-state index contributed by atoms with van der Waals surface area (Å²) in [4.78, 5) is 16.6. The van der Waals surface area contributed by atoms with Crippen LogP contribution < -0.4 is 10.1 Å². The van der Waals surface area contributed by atoms with E-state index in [1.807, 2.05) is 24.3 Å². The first-order valence-corrected chi connectivity index (χ1v) is 10.3. The summed E-state index contributed by atoms with van der Waals surface area (Å²) in [6, 6.07) is 12.0. The summed E-state index contributed by atoms with van der Waals surface area (Å²) in [6.07, 6.45) is 4.23. The van der Waals surface area contributed by atoms with E-state index in [0.29, 0.717) is 21.1 Å². The minimum absolute atomic E-state index is 0.226. The van der Waals surface area contributed by atoms with Crippen molar-refractivity contribution in [1.29, 1.82) is 0 Å². The average Bonchev–Trinajstić information content (AvgIpc) is 3.00. The van der Waals surface area contributed by atoms with Crippen molar-refractivity contribution in [2.75, 3.05) is 18.7 Å². The van der Waals surface area contributed by atoms with Crippen LogP contribution >= 0.6 is 11.3 Å². The largest absolute Gasteiger partial charge is 0.497 e. The van der Waals surface area contributed by atoms with E-state index in [4.69, 9.17) is 4.74 Å². The van der Waals surface area contributed by atoms with Crippen molar-refractivity contribution in [3.05, 3.63) is 54.1 Å². The smallest absolute Gasteiger partial charge is 0.250 e. The highest BCUT2D eigenvalue weighted by Crippen LogP contribution is 2.28. The molecule has 0 aliphatic heterocycles. The van der Waals surface area contributed by atoms with Crippen molar-refractivity contribution in [2.45, 2.75) is 4.90 Å². The number of aromatic nitrogens is 1. The van der Waals surface area contributed by atoms with Crippen LogP contribution in [0.4, 0.5) is 5.13 Å². The highest BCUT2D eigenvalue weighted by Gasteiger charge is 2.11. The van der Waals surface area contributed by atoms with Gasteiger partial charge in [-0.2, -0.15) is 0 Å². The van der Waals surface area contributed by atoms with Gasteiger partial charge in [0.25, 0.3) is 0 Å². The molecule has 3 aromatic rings. The number of rotatable bonds is 5. The van der Waals surface area contributed by atoms with E-state index in [1.165, 1.54) is 23.5 Å². The lowest BCUT2D eigenvalue weighted by Crippen LogP contribution is -2.07. The van der Waals surface area contributed by atoms with Gasteiger partial charge in [0.1, 0.15) is 5.75 Å². The molecular weight excluding hydrogens is 372 g/mol. The lowest BCUT2D eigenvalue weighted by molar-refractivity contribution is -0.111. The minimum Gasteiger partial charge on any atom is -0.497 e. The Hall–Kier alpha value is -2.71. The number of nitrogens with zero attached hydrogens (tertiary/aromatic N) is 1. The number of hydrogen-bond acceptors (Lipinski definition) is 6. The Morgan fingerprint density at radius 3 is 2.77 bits per heavy atom. The van der Waals surface area contributed by atoms with Gasteiger partial charge in [-0.15, -0.1) is 0 Å². The van der Waals surface area contributed by atoms with Gasteiger partial charge >= 0.3 is 0 Å². The SMILES string of the molecule is COc1cccc(C=CC(=O)Nc2nc3ccc(S(C)(=O)=O)cc3s2)c1. The van der Waals surface area contributed by atoms with Crippen LogP contribution in [0.1, 0.15) is 5.56 Å². The maximum absolute atomic E-state index is 12.1. The van der Waals surface area contributed by atoms with Gasteiger partial charge in [-0.25, -0.2) is 13.4 Å². The van der Waals surface area contributed by atoms with E-state index in [0.717, 1.165) is 11.8 Å². The van der Waals surface area contributed by atoms with E-state index in [9.17, 15) is 13.2 Å². The van der Waals surface area contributed by atoms with Crippen molar-refractivity contribution in [1.82, 2.24) is 4.98 Å². The number of carbonyl (C=O) groups excluding carboxylic acids is 1. The standard InChI is InChI=1S/C18H16N2O4S2/c1-24-13-5-3-4-12(10-13)6-9-17(21)20-18-19-15-8-7-14(26(2,22)23)11-16(15)25-18/h3-11H,1-2H3,(H,19,20,21). The third-order valence-corrected chi connectivity index (χ3v) is 5.58. The fourth-order valence-electron chi connectivity index (χ4n) is 2.25. The second kappa shape index (κ2) is 7.27. The molecular formula is C18H16N2O4S2. The van der Waals surface area contributed by atoms with Gasteiger partial charge in [0.05, 0.1) is 22.2 Å². The van der Waals surface area contributed by atoms with Crippen LogP contribution in [-0.4, -0.2) is 32.7 Å². The van der Waals surface area contributed by atoms with Crippen molar-refractivity contribution < 1.29 is 17.9 Å². The summed E-state index contributed by atoms with van der Waals surface area (Å²) in [6.45, 7) is 0. The van der Waals surface area contributed by atoms with Crippen LogP contribution in [-0.2, 0) is 14.6 Å². The van der Waals surface area contributed by atoms with Crippen LogP contribution in [0.3, 0.4) is 0 Å². The normalized spacial score (nSPS) is 11.8. The van der Waals surface area contributed by atoms with Gasteiger partial charge in [-0.3, -0.25) is 10.1 Å². The quantitative estimate of drug-likeness (QED) is 0.678. The second-order valence-corrected chi connectivity index (χ2v) is 8.57. The molecule has 0 radical (unpaired) electrons. The van der Waals surface area contributed by atoms with Crippen molar-refractivity contribution in [3.8, 4) is 5.75 Å². The lowest BCUT2D eigenvalue weighted by atomic mass is 10.2. The van der Waals surface area contributed by atoms with Crippen molar-refractivity contribution in [2.24, 2.45) is 0 Å². The number of nitrogens with one attached hydrogen (secondary N) is 1. The van der Waals surface area contributed by atoms with E-state index < -0.39 is 9.84 Å². The van der Waals surface area contributed by atoms with Crippen molar-refractivity contribution in [3.63, 3.8) is 0 Å². The molecule has 1 amide bonds. The molecule has 6 nitrogen and oxygen atoms in total. The van der Waals surface area contributed by atoms with E-state index >= 15 is 0 Å². The summed E-state index contributed by atoms with van der Waals surface area (Å²) in [7, 11) is -1.70. The molecule has 26 heavy (non-hydrogen) atoms. The predicted molar refractivity (Wildman–Crippen MR) is 103 cm³/mol. The Balaban J connectivity index is 1.75. The van der Waals surface area contributed by atoms with Gasteiger partial charge in [-0.1, -0.05) is 23.5 Å². The van der Waals surface area contributed by atoms with E-state index in [2.05, 4.69) is 10.3 Å². The number of amides is 1. The Bertz CT molecular complexity index is 1100. The summed E-state index contributed by atoms with van der Waals surface area (Å²) < 4.78 is 29.1.